The summed E-state index contributed by atoms with van der Waals surface area (Å²) < 4.78 is 1.26. The molecule has 0 aliphatic carbocycles. The molecule has 0 aliphatic rings. The SMILES string of the molecule is CN[CH2][Hg]. The molecule has 0 aliphatic heterocycles. The Hall–Kier alpha value is 0.895. The topological polar surface area (TPSA) is 12.0 Å². The van der Waals surface area contributed by atoms with E-state index in [9.17, 15) is 0 Å². The van der Waals surface area contributed by atoms with Crippen LogP contribution in [-0.2, 0) is 26.1 Å². The van der Waals surface area contributed by atoms with Gasteiger partial charge in [0, 0.05) is 0 Å². The van der Waals surface area contributed by atoms with E-state index in [0.29, 0.717) is 0 Å². The van der Waals surface area contributed by atoms with E-state index in [4.69, 9.17) is 0 Å². The van der Waals surface area contributed by atoms with Gasteiger partial charge in [0.1, 0.15) is 0 Å². The number of nitrogens with one attached hydrogen (secondary N) is 1. The monoisotopic (exact) mass is 246 g/mol. The summed E-state index contributed by atoms with van der Waals surface area (Å²) in [6.45, 7) is 0. The molecule has 0 aromatic heterocycles. The molecule has 0 radical (unpaired) electrons. The van der Waals surface area contributed by atoms with Crippen molar-refractivity contribution in [3.05, 3.63) is 0 Å². The van der Waals surface area contributed by atoms with Crippen molar-refractivity contribution in [1.29, 1.82) is 0 Å². The van der Waals surface area contributed by atoms with Gasteiger partial charge in [0.25, 0.3) is 0 Å². The zero-order valence-electron chi connectivity index (χ0n) is 2.91. The van der Waals surface area contributed by atoms with E-state index >= 15 is 0 Å². The van der Waals surface area contributed by atoms with Crippen molar-refractivity contribution in [3.8, 4) is 0 Å². The van der Waals surface area contributed by atoms with Gasteiger partial charge >= 0.3 is 42.5 Å². The number of hydrogen-bond acceptors (Lipinski definition) is 1. The molecule has 0 aromatic carbocycles. The molecular weight excluding hydrogens is 239 g/mol. The second kappa shape index (κ2) is 3.90. The molecule has 1 N–H and O–H groups in total. The minimum absolute atomic E-state index is 0.962. The van der Waals surface area contributed by atoms with E-state index in [-0.39, 0.29) is 0 Å². The first-order valence-electron chi connectivity index (χ1n) is 1.35. The van der Waals surface area contributed by atoms with Crippen molar-refractivity contribution in [3.63, 3.8) is 0 Å². The van der Waals surface area contributed by atoms with Gasteiger partial charge in [-0.05, 0) is 0 Å². The molecule has 0 amide bonds. The molecule has 0 heterocycles. The fourth-order valence-electron chi connectivity index (χ4n) is 0. The maximum atomic E-state index is 3.02. The van der Waals surface area contributed by atoms with Gasteiger partial charge < -0.3 is 0 Å². The van der Waals surface area contributed by atoms with E-state index in [1.807, 2.05) is 7.05 Å². The van der Waals surface area contributed by atoms with Crippen LogP contribution in [0.15, 0.2) is 0 Å². The summed E-state index contributed by atoms with van der Waals surface area (Å²) >= 11 is 0.962. The molecule has 0 bridgehead atoms. The van der Waals surface area contributed by atoms with Gasteiger partial charge in [-0.25, -0.2) is 0 Å². The molecule has 0 fully saturated rings. The molecule has 21 valence electrons. The Labute approximate surface area is 42.7 Å². The first kappa shape index (κ1) is 4.90. The van der Waals surface area contributed by atoms with Crippen LogP contribution in [-0.4, -0.2) is 11.1 Å². The predicted octanol–water partition coefficient (Wildman–Crippen LogP) is -0.290. The summed E-state index contributed by atoms with van der Waals surface area (Å²) in [7, 11) is 1.98. The Balaban J connectivity index is 1.97. The Morgan fingerprint density at radius 2 is 2.25 bits per heavy atom. The molecule has 0 atom stereocenters. The van der Waals surface area contributed by atoms with Crippen molar-refractivity contribution >= 4 is 0 Å². The molecule has 0 rings (SSSR count). The first-order chi connectivity index (χ1) is 1.91. The number of rotatable bonds is 1. The average molecular weight is 245 g/mol. The summed E-state index contributed by atoms with van der Waals surface area (Å²) in [6, 6.07) is 0. The molecule has 0 spiro atoms. The van der Waals surface area contributed by atoms with Crippen molar-refractivity contribution < 1.29 is 26.1 Å². The van der Waals surface area contributed by atoms with Crippen LogP contribution in [0, 0.1) is 0 Å². The fraction of sp³-hybridized carbons (Fsp3) is 1.00. The molecule has 0 unspecified atom stereocenters. The molecular formula is C2H6HgN. The third-order valence-corrected chi connectivity index (χ3v) is 2.19. The van der Waals surface area contributed by atoms with Crippen LogP contribution in [0.2, 0.25) is 0 Å². The van der Waals surface area contributed by atoms with Crippen molar-refractivity contribution in [2.24, 2.45) is 0 Å². The standard InChI is InChI=1S/C2H6N.Hg/c1-3-2;/h3H,1H2,2H3;. The normalized spacial score (nSPS) is 7.75. The fourth-order valence-corrected chi connectivity index (χ4v) is 0. The van der Waals surface area contributed by atoms with E-state index in [2.05, 4.69) is 5.32 Å². The van der Waals surface area contributed by atoms with Crippen molar-refractivity contribution in [1.82, 2.24) is 5.32 Å². The van der Waals surface area contributed by atoms with Crippen molar-refractivity contribution in [2.45, 2.75) is 0 Å². The van der Waals surface area contributed by atoms with Gasteiger partial charge in [-0.3, -0.25) is 0 Å². The minimum atomic E-state index is 0.962. The predicted molar refractivity (Wildman–Crippen MR) is 13.9 cm³/mol. The van der Waals surface area contributed by atoms with Gasteiger partial charge in [0.15, 0.2) is 0 Å². The van der Waals surface area contributed by atoms with Gasteiger partial charge in [0.2, 0.25) is 0 Å². The second-order valence-electron chi connectivity index (χ2n) is 0.604. The third-order valence-electron chi connectivity index (χ3n) is 0.250. The molecule has 0 saturated carbocycles. The van der Waals surface area contributed by atoms with E-state index in [0.717, 1.165) is 26.1 Å². The summed E-state index contributed by atoms with van der Waals surface area (Å²) in [5.41, 5.74) is 0. The Morgan fingerprint density at radius 3 is 2.25 bits per heavy atom. The van der Waals surface area contributed by atoms with Crippen LogP contribution >= 0.6 is 0 Å². The third kappa shape index (κ3) is 2.90. The second-order valence-corrected chi connectivity index (χ2v) is 2.55. The van der Waals surface area contributed by atoms with Gasteiger partial charge in [-0.1, -0.05) is 0 Å². The van der Waals surface area contributed by atoms with Crippen LogP contribution in [0.3, 0.4) is 0 Å². The first-order valence-corrected chi connectivity index (χ1v) is 5.24. The Kier molecular flexibility index (Phi) is 4.77. The van der Waals surface area contributed by atoms with Crippen LogP contribution in [0.1, 0.15) is 0 Å². The summed E-state index contributed by atoms with van der Waals surface area (Å²) in [5, 5.41) is 3.02. The summed E-state index contributed by atoms with van der Waals surface area (Å²) in [5.74, 6) is 0. The number of hydrogen-bond donors (Lipinski definition) is 1. The summed E-state index contributed by atoms with van der Waals surface area (Å²) in [4.78, 5) is 0. The Bertz CT molecular complexity index is 8.00. The molecule has 0 aromatic rings. The van der Waals surface area contributed by atoms with Gasteiger partial charge in [0.05, 0.1) is 0 Å². The molecule has 4 heavy (non-hydrogen) atoms. The van der Waals surface area contributed by atoms with Crippen molar-refractivity contribution in [2.75, 3.05) is 11.1 Å². The van der Waals surface area contributed by atoms with Gasteiger partial charge in [-0.2, -0.15) is 0 Å². The van der Waals surface area contributed by atoms with Crippen LogP contribution < -0.4 is 5.32 Å². The van der Waals surface area contributed by atoms with E-state index < -0.39 is 0 Å². The zero-order chi connectivity index (χ0) is 3.41. The summed E-state index contributed by atoms with van der Waals surface area (Å²) in [6.07, 6.45) is 0. The average Bonchev–Trinajstić information content (AvgIpc) is 1.37. The van der Waals surface area contributed by atoms with Crippen LogP contribution in [0.25, 0.3) is 0 Å². The van der Waals surface area contributed by atoms with Gasteiger partial charge in [-0.15, -0.1) is 0 Å². The zero-order valence-corrected chi connectivity index (χ0v) is 8.41. The Morgan fingerprint density at radius 1 is 2.00 bits per heavy atom. The quantitative estimate of drug-likeness (QED) is 0.625. The maximum absolute atomic E-state index is 3.02. The van der Waals surface area contributed by atoms with E-state index in [1.165, 1.54) is 4.05 Å². The molecule has 1 nitrogen and oxygen atoms in total. The van der Waals surface area contributed by atoms with E-state index in [1.54, 1.807) is 0 Å². The van der Waals surface area contributed by atoms with Crippen LogP contribution in [0.5, 0.6) is 0 Å². The molecule has 0 saturated heterocycles. The van der Waals surface area contributed by atoms with Crippen LogP contribution in [0.4, 0.5) is 0 Å². The molecule has 2 heteroatoms.